The predicted octanol–water partition coefficient (Wildman–Crippen LogP) is 5.21. The third-order valence-electron chi connectivity index (χ3n) is 5.67. The molecule has 0 spiro atoms. The van der Waals surface area contributed by atoms with Crippen molar-refractivity contribution in [2.75, 3.05) is 22.3 Å². The summed E-state index contributed by atoms with van der Waals surface area (Å²) in [7, 11) is -4.21. The van der Waals surface area contributed by atoms with Crippen LogP contribution in [-0.4, -0.2) is 39.8 Å². The maximum atomic E-state index is 11.9. The lowest BCUT2D eigenvalue weighted by Gasteiger charge is -2.18. The summed E-state index contributed by atoms with van der Waals surface area (Å²) in [5.74, 6) is 1.14. The molecule has 0 amide bonds. The van der Waals surface area contributed by atoms with Gasteiger partial charge in [0, 0.05) is 28.5 Å². The Kier molecular flexibility index (Phi) is 8.55. The molecule has 1 aromatic heterocycles. The fraction of sp³-hybridized carbons (Fsp3) is 0.160. The van der Waals surface area contributed by atoms with Crippen LogP contribution in [0.15, 0.2) is 93.9 Å². The van der Waals surface area contributed by atoms with Crippen molar-refractivity contribution in [2.45, 2.75) is 10.8 Å². The number of fused-ring (bicyclic) bond motifs is 2. The number of thiazole rings is 1. The summed E-state index contributed by atoms with van der Waals surface area (Å²) >= 11 is 2.93. The van der Waals surface area contributed by atoms with Crippen LogP contribution in [0.1, 0.15) is 5.01 Å². The van der Waals surface area contributed by atoms with Crippen LogP contribution in [0.25, 0.3) is 16.3 Å². The first-order valence-corrected chi connectivity index (χ1v) is 16.9. The summed E-state index contributed by atoms with van der Waals surface area (Å²) in [6, 6.07) is 15.3. The molecule has 1 atom stereocenters. The second kappa shape index (κ2) is 11.9. The van der Waals surface area contributed by atoms with Gasteiger partial charge in [0.05, 0.1) is 10.7 Å². The minimum absolute atomic E-state index is 0.00677. The molecule has 1 unspecified atom stereocenters. The first kappa shape index (κ1) is 27.3. The SMILES string of the molecule is O=S(CN1C(=CC=C2C=C(C=Cc3sc4ccccc4[n+]3CS(=O)(=O)O)CSC2)Sc2ccccc21)OO. The number of nitrogens with zero attached hydrogens (tertiary/aromatic N) is 2. The van der Waals surface area contributed by atoms with E-state index in [2.05, 4.69) is 10.4 Å². The van der Waals surface area contributed by atoms with Gasteiger partial charge in [-0.15, -0.1) is 4.33 Å². The number of benzene rings is 2. The van der Waals surface area contributed by atoms with Crippen LogP contribution in [0, 0.1) is 0 Å². The monoisotopic (exact) mass is 607 g/mol. The fourth-order valence-corrected chi connectivity index (χ4v) is 8.43. The fourth-order valence-electron chi connectivity index (χ4n) is 4.07. The summed E-state index contributed by atoms with van der Waals surface area (Å²) in [6.07, 6.45) is 9.98. The second-order valence-corrected chi connectivity index (χ2v) is 13.9. The first-order chi connectivity index (χ1) is 18.3. The maximum Gasteiger partial charge on any atom is 0.326 e. The third-order valence-corrected chi connectivity index (χ3v) is 10.2. The van der Waals surface area contributed by atoms with Crippen molar-refractivity contribution in [2.24, 2.45) is 0 Å². The second-order valence-electron chi connectivity index (χ2n) is 8.34. The van der Waals surface area contributed by atoms with Crippen LogP contribution in [0.3, 0.4) is 0 Å². The number of para-hydroxylation sites is 2. The summed E-state index contributed by atoms with van der Waals surface area (Å²) in [4.78, 5) is 2.89. The van der Waals surface area contributed by atoms with E-state index in [4.69, 9.17) is 5.26 Å². The topological polar surface area (TPSA) is 108 Å². The standard InChI is InChI=1S/C25H22N2O6S5/c28-33-37(29)16-26-20-5-1-3-7-22(20)35-24(26)11-9-18-13-19(15-34-14-18)10-12-25-27(17-38(30,31)32)21-6-2-4-8-23(21)36-25/h1-13H,14-17H2,(H-,28,30,31,32)/p+1. The first-order valence-electron chi connectivity index (χ1n) is 11.3. The number of thioether (sulfide) groups is 2. The molecule has 0 saturated carbocycles. The molecule has 8 nitrogen and oxygen atoms in total. The Morgan fingerprint density at radius 3 is 2.68 bits per heavy atom. The molecule has 2 N–H and O–H groups in total. The molecule has 0 bridgehead atoms. The molecule has 13 heteroatoms. The molecule has 3 heterocycles. The number of aromatic nitrogens is 1. The lowest BCUT2D eigenvalue weighted by atomic mass is 10.1. The zero-order valence-corrected chi connectivity index (χ0v) is 23.9. The summed E-state index contributed by atoms with van der Waals surface area (Å²) < 4.78 is 51.2. The van der Waals surface area contributed by atoms with Gasteiger partial charge < -0.3 is 4.90 Å². The van der Waals surface area contributed by atoms with Gasteiger partial charge in [-0.1, -0.05) is 65.6 Å². The molecule has 2 aliphatic rings. The zero-order chi connectivity index (χ0) is 26.7. The van der Waals surface area contributed by atoms with Crippen LogP contribution >= 0.6 is 34.9 Å². The highest BCUT2D eigenvalue weighted by Crippen LogP contribution is 2.46. The minimum atomic E-state index is -4.21. The van der Waals surface area contributed by atoms with Crippen LogP contribution in [0.4, 0.5) is 5.69 Å². The van der Waals surface area contributed by atoms with E-state index in [0.717, 1.165) is 53.5 Å². The van der Waals surface area contributed by atoms with Crippen molar-refractivity contribution < 1.29 is 31.3 Å². The molecule has 3 aromatic rings. The zero-order valence-electron chi connectivity index (χ0n) is 19.8. The van der Waals surface area contributed by atoms with Gasteiger partial charge in [-0.3, -0.25) is 4.55 Å². The summed E-state index contributed by atoms with van der Waals surface area (Å²) in [5, 5.41) is 10.4. The van der Waals surface area contributed by atoms with Gasteiger partial charge in [-0.25, -0.2) is 9.47 Å². The number of anilines is 1. The van der Waals surface area contributed by atoms with Crippen molar-refractivity contribution in [1.29, 1.82) is 0 Å². The molecule has 2 aliphatic heterocycles. The van der Waals surface area contributed by atoms with Crippen molar-refractivity contribution in [3.63, 3.8) is 0 Å². The Bertz CT molecular complexity index is 1620. The quantitative estimate of drug-likeness (QED) is 0.154. The van der Waals surface area contributed by atoms with E-state index in [9.17, 15) is 17.2 Å². The molecule has 0 fully saturated rings. The molecule has 0 radical (unpaired) electrons. The molecule has 0 saturated heterocycles. The number of hydrogen-bond acceptors (Lipinski definition) is 9. The van der Waals surface area contributed by atoms with Crippen LogP contribution in [0.5, 0.6) is 0 Å². The third kappa shape index (κ3) is 6.49. The Labute approximate surface area is 235 Å². The van der Waals surface area contributed by atoms with Gasteiger partial charge in [-0.2, -0.15) is 24.7 Å². The smallest absolute Gasteiger partial charge is 0.320 e. The van der Waals surface area contributed by atoms with E-state index < -0.39 is 27.1 Å². The van der Waals surface area contributed by atoms with Gasteiger partial charge in [0.1, 0.15) is 10.6 Å². The van der Waals surface area contributed by atoms with Crippen molar-refractivity contribution in [3.05, 3.63) is 94.0 Å². The maximum absolute atomic E-state index is 11.9. The Morgan fingerprint density at radius 1 is 1.08 bits per heavy atom. The van der Waals surface area contributed by atoms with Crippen molar-refractivity contribution in [3.8, 4) is 0 Å². The molecule has 0 aliphatic carbocycles. The Morgan fingerprint density at radius 2 is 1.87 bits per heavy atom. The van der Waals surface area contributed by atoms with Crippen molar-refractivity contribution >= 4 is 78.0 Å². The Balaban J connectivity index is 1.40. The molecule has 38 heavy (non-hydrogen) atoms. The summed E-state index contributed by atoms with van der Waals surface area (Å²) in [6.45, 7) is 0. The molecule has 2 aromatic carbocycles. The van der Waals surface area contributed by atoms with Gasteiger partial charge in [0.15, 0.2) is 0 Å². The van der Waals surface area contributed by atoms with E-state index in [1.54, 1.807) is 28.1 Å². The molecular formula is C25H23N2O6S5+. The highest BCUT2D eigenvalue weighted by Gasteiger charge is 2.26. The van der Waals surface area contributed by atoms with Gasteiger partial charge in [0.2, 0.25) is 16.6 Å². The average molecular weight is 608 g/mol. The molecule has 198 valence electrons. The largest absolute Gasteiger partial charge is 0.326 e. The normalized spacial score (nSPS) is 19.0. The predicted molar refractivity (Wildman–Crippen MR) is 156 cm³/mol. The average Bonchev–Trinajstić information content (AvgIpc) is 3.43. The summed E-state index contributed by atoms with van der Waals surface area (Å²) in [5.41, 5.74) is 3.84. The van der Waals surface area contributed by atoms with Crippen LogP contribution in [-0.2, 0) is 31.4 Å². The highest BCUT2D eigenvalue weighted by atomic mass is 32.2. The van der Waals surface area contributed by atoms with E-state index in [1.807, 2.05) is 77.7 Å². The van der Waals surface area contributed by atoms with Crippen LogP contribution in [0.2, 0.25) is 0 Å². The van der Waals surface area contributed by atoms with E-state index in [1.165, 1.54) is 11.3 Å². The molecular weight excluding hydrogens is 585 g/mol. The lowest BCUT2D eigenvalue weighted by molar-refractivity contribution is -0.649. The molecule has 5 rings (SSSR count). The van der Waals surface area contributed by atoms with Crippen molar-refractivity contribution in [1.82, 2.24) is 0 Å². The van der Waals surface area contributed by atoms with E-state index >= 15 is 0 Å². The minimum Gasteiger partial charge on any atom is -0.320 e. The highest BCUT2D eigenvalue weighted by molar-refractivity contribution is 8.03. The number of hydrogen-bond donors (Lipinski definition) is 2. The van der Waals surface area contributed by atoms with E-state index in [-0.39, 0.29) is 5.88 Å². The van der Waals surface area contributed by atoms with Gasteiger partial charge in [-0.05, 0) is 35.4 Å². The van der Waals surface area contributed by atoms with Crippen LogP contribution < -0.4 is 9.47 Å². The van der Waals surface area contributed by atoms with E-state index in [0.29, 0.717) is 0 Å². The van der Waals surface area contributed by atoms with Gasteiger partial charge in [0.25, 0.3) is 10.9 Å². The number of allylic oxidation sites excluding steroid dienone is 4. The lowest BCUT2D eigenvalue weighted by Crippen LogP contribution is -2.38. The number of rotatable bonds is 8. The Hall–Kier alpha value is -2.23. The van der Waals surface area contributed by atoms with Gasteiger partial charge >= 0.3 is 10.1 Å².